The maximum Gasteiger partial charge on any atom is 0.514 e. The van der Waals surface area contributed by atoms with Gasteiger partial charge in [-0.2, -0.15) is 0 Å². The first kappa shape index (κ1) is 14.8. The molecule has 1 aromatic rings. The second kappa shape index (κ2) is 6.74. The average Bonchev–Trinajstić information content (AvgIpc) is 2.52. The van der Waals surface area contributed by atoms with E-state index in [9.17, 15) is 9.59 Å². The molecule has 0 bridgehead atoms. The molecule has 1 aliphatic carbocycles. The van der Waals surface area contributed by atoms with E-state index in [1.54, 1.807) is 6.07 Å². The van der Waals surface area contributed by atoms with E-state index in [1.807, 2.05) is 18.2 Å². The molecule has 2 rings (SSSR count). The number of hydrogen-bond acceptors (Lipinski definition) is 5. The van der Waals surface area contributed by atoms with Crippen LogP contribution in [0, 0.1) is 0 Å². The lowest BCUT2D eigenvalue weighted by molar-refractivity contribution is -0.136. The molecule has 110 valence electrons. The first-order valence-corrected chi connectivity index (χ1v) is 6.52. The lowest BCUT2D eigenvalue weighted by Gasteiger charge is -2.21. The number of ether oxygens (including phenoxy) is 3. The van der Waals surface area contributed by atoms with Crippen molar-refractivity contribution in [2.75, 3.05) is 13.7 Å². The Morgan fingerprint density at radius 3 is 2.76 bits per heavy atom. The van der Waals surface area contributed by atoms with Crippen LogP contribution in [0.5, 0.6) is 0 Å². The van der Waals surface area contributed by atoms with E-state index < -0.39 is 12.1 Å². The summed E-state index contributed by atoms with van der Waals surface area (Å²) in [7, 11) is 1.30. The first-order valence-electron chi connectivity index (χ1n) is 6.52. The number of benzene rings is 1. The number of esters is 1. The van der Waals surface area contributed by atoms with E-state index in [1.165, 1.54) is 13.2 Å². The van der Waals surface area contributed by atoms with E-state index in [4.69, 9.17) is 14.2 Å². The number of methoxy groups -OCH3 is 1. The molecule has 1 aromatic carbocycles. The molecule has 5 nitrogen and oxygen atoms in total. The zero-order valence-electron chi connectivity index (χ0n) is 11.8. The van der Waals surface area contributed by atoms with Crippen LogP contribution in [0.2, 0.25) is 0 Å². The van der Waals surface area contributed by atoms with E-state index in [0.717, 1.165) is 5.56 Å². The molecule has 21 heavy (non-hydrogen) atoms. The molecular weight excluding hydrogens is 272 g/mol. The molecule has 5 heteroatoms. The van der Waals surface area contributed by atoms with Gasteiger partial charge >= 0.3 is 12.1 Å². The quantitative estimate of drug-likeness (QED) is 0.629. The number of hydrogen-bond donors (Lipinski definition) is 0. The molecule has 0 radical (unpaired) electrons. The van der Waals surface area contributed by atoms with Crippen molar-refractivity contribution in [1.82, 2.24) is 0 Å². The van der Waals surface area contributed by atoms with Crippen LogP contribution in [0.25, 0.3) is 5.76 Å². The van der Waals surface area contributed by atoms with Crippen LogP contribution >= 0.6 is 0 Å². The van der Waals surface area contributed by atoms with Crippen molar-refractivity contribution < 1.29 is 23.8 Å². The molecule has 0 N–H and O–H groups in total. The van der Waals surface area contributed by atoms with Crippen molar-refractivity contribution in [3.63, 3.8) is 0 Å². The van der Waals surface area contributed by atoms with Crippen LogP contribution in [0.3, 0.4) is 0 Å². The molecular formula is C16H16O5. The molecule has 0 amide bonds. The fourth-order valence-electron chi connectivity index (χ4n) is 2.17. The van der Waals surface area contributed by atoms with Crippen molar-refractivity contribution in [3.8, 4) is 0 Å². The molecule has 0 spiro atoms. The van der Waals surface area contributed by atoms with E-state index in [0.29, 0.717) is 24.0 Å². The van der Waals surface area contributed by atoms with Gasteiger partial charge < -0.3 is 14.2 Å². The smallest absolute Gasteiger partial charge is 0.466 e. The maximum absolute atomic E-state index is 11.9. The molecule has 0 aliphatic heterocycles. The van der Waals surface area contributed by atoms with Gasteiger partial charge in [0.25, 0.3) is 0 Å². The SMILES string of the molecule is C=CCOC(=O)OC1=C(C(=O)OC)CCc2ccccc21. The summed E-state index contributed by atoms with van der Waals surface area (Å²) in [6.45, 7) is 3.50. The Morgan fingerprint density at radius 2 is 2.05 bits per heavy atom. The number of carbonyl (C=O) groups excluding carboxylic acids is 2. The van der Waals surface area contributed by atoms with Crippen LogP contribution in [0.15, 0.2) is 42.5 Å². The summed E-state index contributed by atoms with van der Waals surface area (Å²) in [6, 6.07) is 7.45. The van der Waals surface area contributed by atoms with Gasteiger partial charge in [-0.25, -0.2) is 9.59 Å². The second-order valence-electron chi connectivity index (χ2n) is 4.41. The van der Waals surface area contributed by atoms with Crippen molar-refractivity contribution in [2.45, 2.75) is 12.8 Å². The van der Waals surface area contributed by atoms with Gasteiger partial charge in [-0.05, 0) is 18.4 Å². The van der Waals surface area contributed by atoms with Crippen LogP contribution < -0.4 is 0 Å². The maximum atomic E-state index is 11.9. The Kier molecular flexibility index (Phi) is 4.77. The monoisotopic (exact) mass is 288 g/mol. The Hall–Kier alpha value is -2.56. The van der Waals surface area contributed by atoms with Gasteiger partial charge in [0.05, 0.1) is 12.7 Å². The third-order valence-electron chi connectivity index (χ3n) is 3.12. The van der Waals surface area contributed by atoms with Crippen LogP contribution in [0.1, 0.15) is 17.5 Å². The Morgan fingerprint density at radius 1 is 1.29 bits per heavy atom. The highest BCUT2D eigenvalue weighted by molar-refractivity contribution is 5.98. The molecule has 0 heterocycles. The van der Waals surface area contributed by atoms with Gasteiger partial charge in [-0.1, -0.05) is 36.9 Å². The van der Waals surface area contributed by atoms with Crippen LogP contribution in [-0.2, 0) is 25.4 Å². The first-order chi connectivity index (χ1) is 10.2. The van der Waals surface area contributed by atoms with E-state index in [2.05, 4.69) is 6.58 Å². The van der Waals surface area contributed by atoms with Crippen molar-refractivity contribution >= 4 is 17.9 Å². The van der Waals surface area contributed by atoms with Crippen LogP contribution in [-0.4, -0.2) is 25.8 Å². The van der Waals surface area contributed by atoms with E-state index >= 15 is 0 Å². The fraction of sp³-hybridized carbons (Fsp3) is 0.250. The lowest BCUT2D eigenvalue weighted by Crippen LogP contribution is -2.17. The minimum Gasteiger partial charge on any atom is -0.466 e. The summed E-state index contributed by atoms with van der Waals surface area (Å²) in [5.41, 5.74) is 2.06. The Balaban J connectivity index is 2.36. The molecule has 0 aromatic heterocycles. The van der Waals surface area contributed by atoms with Crippen molar-refractivity contribution in [3.05, 3.63) is 53.6 Å². The van der Waals surface area contributed by atoms with Crippen molar-refractivity contribution in [2.24, 2.45) is 0 Å². The standard InChI is InChI=1S/C16H16O5/c1-3-10-20-16(18)21-14-12-7-5-4-6-11(12)8-9-13(14)15(17)19-2/h3-7H,1,8-10H2,2H3. The van der Waals surface area contributed by atoms with Gasteiger partial charge in [-0.3, -0.25) is 0 Å². The number of aryl methyl sites for hydroxylation is 1. The molecule has 0 saturated heterocycles. The van der Waals surface area contributed by atoms with Gasteiger partial charge in [0.2, 0.25) is 0 Å². The van der Waals surface area contributed by atoms with Gasteiger partial charge in [0.15, 0.2) is 5.76 Å². The number of rotatable bonds is 4. The van der Waals surface area contributed by atoms with Crippen LogP contribution in [0.4, 0.5) is 4.79 Å². The third-order valence-corrected chi connectivity index (χ3v) is 3.12. The third kappa shape index (κ3) is 3.31. The number of carbonyl (C=O) groups is 2. The summed E-state index contributed by atoms with van der Waals surface area (Å²) < 4.78 is 14.8. The highest BCUT2D eigenvalue weighted by Gasteiger charge is 2.27. The molecule has 1 aliphatic rings. The zero-order valence-corrected chi connectivity index (χ0v) is 11.8. The summed E-state index contributed by atoms with van der Waals surface area (Å²) in [5, 5.41) is 0. The average molecular weight is 288 g/mol. The Bertz CT molecular complexity index is 600. The molecule has 0 atom stereocenters. The predicted octanol–water partition coefficient (Wildman–Crippen LogP) is 2.86. The predicted molar refractivity (Wildman–Crippen MR) is 76.3 cm³/mol. The lowest BCUT2D eigenvalue weighted by atomic mass is 9.90. The summed E-state index contributed by atoms with van der Waals surface area (Å²) in [5.74, 6) is -0.297. The van der Waals surface area contributed by atoms with Gasteiger partial charge in [0.1, 0.15) is 6.61 Å². The highest BCUT2D eigenvalue weighted by Crippen LogP contribution is 2.33. The van der Waals surface area contributed by atoms with Crippen molar-refractivity contribution in [1.29, 1.82) is 0 Å². The highest BCUT2D eigenvalue weighted by atomic mass is 16.7. The minimum absolute atomic E-state index is 0.0430. The normalized spacial score (nSPS) is 13.2. The minimum atomic E-state index is -0.872. The number of fused-ring (bicyclic) bond motifs is 1. The van der Waals surface area contributed by atoms with E-state index in [-0.39, 0.29) is 12.4 Å². The fourth-order valence-corrected chi connectivity index (χ4v) is 2.17. The molecule has 0 fully saturated rings. The topological polar surface area (TPSA) is 61.8 Å². The second-order valence-corrected chi connectivity index (χ2v) is 4.41. The van der Waals surface area contributed by atoms with Gasteiger partial charge in [-0.15, -0.1) is 0 Å². The molecule has 0 saturated carbocycles. The largest absolute Gasteiger partial charge is 0.514 e. The summed E-state index contributed by atoms with van der Waals surface area (Å²) in [6.07, 6.45) is 1.71. The zero-order chi connectivity index (χ0) is 15.2. The Labute approximate surface area is 122 Å². The van der Waals surface area contributed by atoms with Gasteiger partial charge in [0, 0.05) is 5.56 Å². The summed E-state index contributed by atoms with van der Waals surface area (Å²) in [4.78, 5) is 23.5. The summed E-state index contributed by atoms with van der Waals surface area (Å²) >= 11 is 0. The molecule has 0 unspecified atom stereocenters.